The molecule has 92 valence electrons. The minimum absolute atomic E-state index is 0.0691. The van der Waals surface area contributed by atoms with E-state index in [0.29, 0.717) is 19.5 Å². The number of nitrogens with two attached hydrogens (primary N) is 1. The molecular formula is C11H21N3O2. The Kier molecular flexibility index (Phi) is 5.25. The number of amides is 2. The number of carbonyl (C=O) groups is 2. The molecule has 1 rings (SSSR count). The zero-order valence-electron chi connectivity index (χ0n) is 9.79. The lowest BCUT2D eigenvalue weighted by atomic mass is 10.0. The largest absolute Gasteiger partial charge is 0.354 e. The molecule has 1 aliphatic rings. The third kappa shape index (κ3) is 3.81. The third-order valence-electron chi connectivity index (χ3n) is 3.01. The van der Waals surface area contributed by atoms with E-state index in [-0.39, 0.29) is 23.8 Å². The Bertz CT molecular complexity index is 252. The maximum atomic E-state index is 11.6. The fourth-order valence-corrected chi connectivity index (χ4v) is 1.82. The van der Waals surface area contributed by atoms with Crippen molar-refractivity contribution in [2.45, 2.75) is 38.6 Å². The van der Waals surface area contributed by atoms with Gasteiger partial charge in [0.15, 0.2) is 0 Å². The summed E-state index contributed by atoms with van der Waals surface area (Å²) < 4.78 is 0. The van der Waals surface area contributed by atoms with Crippen molar-refractivity contribution in [1.82, 2.24) is 10.6 Å². The van der Waals surface area contributed by atoms with Gasteiger partial charge in [-0.2, -0.15) is 0 Å². The zero-order valence-corrected chi connectivity index (χ0v) is 9.79. The van der Waals surface area contributed by atoms with Crippen molar-refractivity contribution in [2.75, 3.05) is 13.1 Å². The van der Waals surface area contributed by atoms with Gasteiger partial charge in [0.1, 0.15) is 6.04 Å². The SMILES string of the molecule is CCC(CN)CC(=O)NC1CCCNC1=O. The molecule has 2 atom stereocenters. The summed E-state index contributed by atoms with van der Waals surface area (Å²) in [5, 5.41) is 5.50. The second kappa shape index (κ2) is 6.48. The quantitative estimate of drug-likeness (QED) is 0.606. The van der Waals surface area contributed by atoms with Gasteiger partial charge in [-0.25, -0.2) is 0 Å². The molecular weight excluding hydrogens is 206 g/mol. The Balaban J connectivity index is 2.35. The van der Waals surface area contributed by atoms with Crippen LogP contribution in [0.1, 0.15) is 32.6 Å². The van der Waals surface area contributed by atoms with Crippen molar-refractivity contribution >= 4 is 11.8 Å². The lowest BCUT2D eigenvalue weighted by Crippen LogP contribution is -2.50. The molecule has 0 bridgehead atoms. The van der Waals surface area contributed by atoms with Crippen LogP contribution >= 0.6 is 0 Å². The normalized spacial score (nSPS) is 22.4. The summed E-state index contributed by atoms with van der Waals surface area (Å²) in [7, 11) is 0. The number of rotatable bonds is 5. The predicted octanol–water partition coefficient (Wildman–Crippen LogP) is -0.244. The van der Waals surface area contributed by atoms with Gasteiger partial charge < -0.3 is 16.4 Å². The molecule has 2 unspecified atom stereocenters. The fourth-order valence-electron chi connectivity index (χ4n) is 1.82. The van der Waals surface area contributed by atoms with E-state index in [9.17, 15) is 9.59 Å². The minimum atomic E-state index is -0.350. The van der Waals surface area contributed by atoms with Gasteiger partial charge in [0.25, 0.3) is 0 Å². The molecule has 1 saturated heterocycles. The van der Waals surface area contributed by atoms with Crippen molar-refractivity contribution in [2.24, 2.45) is 11.7 Å². The van der Waals surface area contributed by atoms with E-state index in [2.05, 4.69) is 10.6 Å². The molecule has 1 aliphatic heterocycles. The first-order chi connectivity index (χ1) is 7.67. The molecule has 0 aliphatic carbocycles. The van der Waals surface area contributed by atoms with Crippen LogP contribution in [0.3, 0.4) is 0 Å². The lowest BCUT2D eigenvalue weighted by molar-refractivity contribution is -0.130. The number of hydrogen-bond donors (Lipinski definition) is 3. The van der Waals surface area contributed by atoms with E-state index in [1.807, 2.05) is 6.92 Å². The van der Waals surface area contributed by atoms with Crippen LogP contribution in [0.5, 0.6) is 0 Å². The topological polar surface area (TPSA) is 84.2 Å². The van der Waals surface area contributed by atoms with Crippen LogP contribution in [-0.4, -0.2) is 30.9 Å². The van der Waals surface area contributed by atoms with E-state index >= 15 is 0 Å². The highest BCUT2D eigenvalue weighted by Gasteiger charge is 2.24. The monoisotopic (exact) mass is 227 g/mol. The summed E-state index contributed by atoms with van der Waals surface area (Å²) in [5.41, 5.74) is 5.53. The number of piperidine rings is 1. The van der Waals surface area contributed by atoms with Crippen molar-refractivity contribution in [3.63, 3.8) is 0 Å². The van der Waals surface area contributed by atoms with Crippen LogP contribution in [0.15, 0.2) is 0 Å². The van der Waals surface area contributed by atoms with Gasteiger partial charge in [-0.05, 0) is 25.3 Å². The highest BCUT2D eigenvalue weighted by Crippen LogP contribution is 2.08. The van der Waals surface area contributed by atoms with Crippen molar-refractivity contribution in [3.05, 3.63) is 0 Å². The molecule has 0 spiro atoms. The molecule has 0 aromatic heterocycles. The zero-order chi connectivity index (χ0) is 12.0. The van der Waals surface area contributed by atoms with Crippen LogP contribution < -0.4 is 16.4 Å². The predicted molar refractivity (Wildman–Crippen MR) is 61.6 cm³/mol. The first-order valence-electron chi connectivity index (χ1n) is 5.94. The number of carbonyl (C=O) groups excluding carboxylic acids is 2. The van der Waals surface area contributed by atoms with Crippen molar-refractivity contribution in [3.8, 4) is 0 Å². The minimum Gasteiger partial charge on any atom is -0.354 e. The molecule has 0 aromatic rings. The average molecular weight is 227 g/mol. The lowest BCUT2D eigenvalue weighted by Gasteiger charge is -2.23. The second-order valence-corrected chi connectivity index (χ2v) is 4.27. The summed E-state index contributed by atoms with van der Waals surface area (Å²) >= 11 is 0. The van der Waals surface area contributed by atoms with Gasteiger partial charge in [0.05, 0.1) is 0 Å². The molecule has 2 amide bonds. The molecule has 4 N–H and O–H groups in total. The summed E-state index contributed by atoms with van der Waals surface area (Å²) in [6.07, 6.45) is 2.96. The van der Waals surface area contributed by atoms with Crippen molar-refractivity contribution in [1.29, 1.82) is 0 Å². The fraction of sp³-hybridized carbons (Fsp3) is 0.818. The summed E-state index contributed by atoms with van der Waals surface area (Å²) in [6.45, 7) is 3.24. The van der Waals surface area contributed by atoms with Crippen LogP contribution in [0.25, 0.3) is 0 Å². The van der Waals surface area contributed by atoms with E-state index in [1.165, 1.54) is 0 Å². The molecule has 0 radical (unpaired) electrons. The Morgan fingerprint density at radius 1 is 1.69 bits per heavy atom. The van der Waals surface area contributed by atoms with E-state index < -0.39 is 0 Å². The third-order valence-corrected chi connectivity index (χ3v) is 3.01. The summed E-state index contributed by atoms with van der Waals surface area (Å²) in [5.74, 6) is 0.0754. The molecule has 16 heavy (non-hydrogen) atoms. The van der Waals surface area contributed by atoms with Gasteiger partial charge in [-0.15, -0.1) is 0 Å². The first-order valence-corrected chi connectivity index (χ1v) is 5.94. The average Bonchev–Trinajstić information content (AvgIpc) is 2.29. The van der Waals surface area contributed by atoms with Crippen LogP contribution in [0.4, 0.5) is 0 Å². The Morgan fingerprint density at radius 2 is 2.44 bits per heavy atom. The van der Waals surface area contributed by atoms with Crippen LogP contribution in [-0.2, 0) is 9.59 Å². The number of hydrogen-bond acceptors (Lipinski definition) is 3. The Hall–Kier alpha value is -1.10. The standard InChI is InChI=1S/C11H21N3O2/c1-2-8(7-12)6-10(15)14-9-4-3-5-13-11(9)16/h8-9H,2-7,12H2,1H3,(H,13,16)(H,14,15). The number of nitrogens with one attached hydrogen (secondary N) is 2. The summed E-state index contributed by atoms with van der Waals surface area (Å²) in [4.78, 5) is 23.0. The molecule has 5 nitrogen and oxygen atoms in total. The maximum Gasteiger partial charge on any atom is 0.242 e. The highest BCUT2D eigenvalue weighted by atomic mass is 16.2. The smallest absolute Gasteiger partial charge is 0.242 e. The Morgan fingerprint density at radius 3 is 3.00 bits per heavy atom. The van der Waals surface area contributed by atoms with Crippen LogP contribution in [0.2, 0.25) is 0 Å². The molecule has 0 aromatic carbocycles. The molecule has 0 saturated carbocycles. The van der Waals surface area contributed by atoms with Crippen LogP contribution in [0, 0.1) is 5.92 Å². The van der Waals surface area contributed by atoms with E-state index in [1.54, 1.807) is 0 Å². The highest BCUT2D eigenvalue weighted by molar-refractivity contribution is 5.88. The second-order valence-electron chi connectivity index (χ2n) is 4.27. The molecule has 5 heteroatoms. The summed E-state index contributed by atoms with van der Waals surface area (Å²) in [6, 6.07) is -0.350. The maximum absolute atomic E-state index is 11.6. The van der Waals surface area contributed by atoms with Gasteiger partial charge >= 0.3 is 0 Å². The van der Waals surface area contributed by atoms with E-state index in [4.69, 9.17) is 5.73 Å². The van der Waals surface area contributed by atoms with Gasteiger partial charge in [0.2, 0.25) is 11.8 Å². The van der Waals surface area contributed by atoms with Gasteiger partial charge in [-0.1, -0.05) is 13.3 Å². The van der Waals surface area contributed by atoms with Gasteiger partial charge in [0, 0.05) is 13.0 Å². The van der Waals surface area contributed by atoms with E-state index in [0.717, 1.165) is 19.3 Å². The molecule has 1 heterocycles. The first kappa shape index (κ1) is 13.0. The molecule has 1 fully saturated rings. The van der Waals surface area contributed by atoms with Crippen molar-refractivity contribution < 1.29 is 9.59 Å². The Labute approximate surface area is 96.1 Å². The van der Waals surface area contributed by atoms with Gasteiger partial charge in [-0.3, -0.25) is 9.59 Å².